The summed E-state index contributed by atoms with van der Waals surface area (Å²) in [6.45, 7) is 4.64. The monoisotopic (exact) mass is 324 g/mol. The summed E-state index contributed by atoms with van der Waals surface area (Å²) in [5.41, 5.74) is 7.63. The standard InChI is InChI=1S/C15H21BrN2O/c1-10-8-12(16)6-7-14(10)15(19)18-11(2)4-3-5-13(18)9-17/h6-8,11,13H,3-5,9,17H2,1-2H3. The fourth-order valence-corrected chi connectivity index (χ4v) is 3.37. The molecule has 1 heterocycles. The third-order valence-corrected chi connectivity index (χ3v) is 4.45. The molecule has 0 aliphatic carbocycles. The fraction of sp³-hybridized carbons (Fsp3) is 0.533. The Bertz CT molecular complexity index is 475. The predicted molar refractivity (Wildman–Crippen MR) is 81.2 cm³/mol. The van der Waals surface area contributed by atoms with Gasteiger partial charge in [0.15, 0.2) is 0 Å². The van der Waals surface area contributed by atoms with E-state index >= 15 is 0 Å². The molecule has 4 heteroatoms. The molecule has 0 bridgehead atoms. The van der Waals surface area contributed by atoms with Crippen molar-refractivity contribution in [2.45, 2.75) is 45.2 Å². The van der Waals surface area contributed by atoms with Crippen LogP contribution in [0.25, 0.3) is 0 Å². The minimum absolute atomic E-state index is 0.118. The lowest BCUT2D eigenvalue weighted by Gasteiger charge is -2.40. The number of carbonyl (C=O) groups is 1. The molecule has 0 aromatic heterocycles. The van der Waals surface area contributed by atoms with Gasteiger partial charge in [0.2, 0.25) is 0 Å². The molecule has 0 spiro atoms. The first kappa shape index (κ1) is 14.5. The van der Waals surface area contributed by atoms with Gasteiger partial charge >= 0.3 is 0 Å². The smallest absolute Gasteiger partial charge is 0.254 e. The van der Waals surface area contributed by atoms with Crippen molar-refractivity contribution in [3.8, 4) is 0 Å². The molecule has 1 aromatic carbocycles. The number of rotatable bonds is 2. The van der Waals surface area contributed by atoms with Gasteiger partial charge in [-0.2, -0.15) is 0 Å². The summed E-state index contributed by atoms with van der Waals surface area (Å²) in [7, 11) is 0. The Morgan fingerprint density at radius 1 is 1.47 bits per heavy atom. The topological polar surface area (TPSA) is 46.3 Å². The number of amides is 1. The lowest BCUT2D eigenvalue weighted by molar-refractivity contribution is 0.0493. The number of nitrogens with zero attached hydrogens (tertiary/aromatic N) is 1. The zero-order chi connectivity index (χ0) is 14.0. The molecule has 104 valence electrons. The normalized spacial score (nSPS) is 23.5. The summed E-state index contributed by atoms with van der Waals surface area (Å²) in [6.07, 6.45) is 3.24. The van der Waals surface area contributed by atoms with Crippen molar-refractivity contribution in [2.24, 2.45) is 5.73 Å². The number of likely N-dealkylation sites (tertiary alicyclic amines) is 1. The summed E-state index contributed by atoms with van der Waals surface area (Å²) < 4.78 is 1.00. The van der Waals surface area contributed by atoms with E-state index in [0.29, 0.717) is 6.54 Å². The SMILES string of the molecule is Cc1cc(Br)ccc1C(=O)N1C(C)CCCC1CN. The van der Waals surface area contributed by atoms with Gasteiger partial charge in [-0.25, -0.2) is 0 Å². The van der Waals surface area contributed by atoms with Crippen LogP contribution in [0.4, 0.5) is 0 Å². The van der Waals surface area contributed by atoms with Crippen LogP contribution in [0.3, 0.4) is 0 Å². The van der Waals surface area contributed by atoms with Crippen LogP contribution in [0.15, 0.2) is 22.7 Å². The van der Waals surface area contributed by atoms with Gasteiger partial charge < -0.3 is 10.6 Å². The lowest BCUT2D eigenvalue weighted by atomic mass is 9.94. The lowest BCUT2D eigenvalue weighted by Crippen LogP contribution is -2.52. The van der Waals surface area contributed by atoms with Crippen LogP contribution in [0, 0.1) is 6.92 Å². The second-order valence-electron chi connectivity index (χ2n) is 5.34. The molecule has 2 rings (SSSR count). The van der Waals surface area contributed by atoms with Crippen molar-refractivity contribution >= 4 is 21.8 Å². The second-order valence-corrected chi connectivity index (χ2v) is 6.26. The fourth-order valence-electron chi connectivity index (χ4n) is 2.89. The molecule has 1 aliphatic heterocycles. The van der Waals surface area contributed by atoms with Gasteiger partial charge in [-0.3, -0.25) is 4.79 Å². The third-order valence-electron chi connectivity index (χ3n) is 3.95. The van der Waals surface area contributed by atoms with Crippen LogP contribution < -0.4 is 5.73 Å². The van der Waals surface area contributed by atoms with Gasteiger partial charge in [0, 0.05) is 28.7 Å². The number of aryl methyl sites for hydroxylation is 1. The number of nitrogens with two attached hydrogens (primary N) is 1. The zero-order valence-corrected chi connectivity index (χ0v) is 13.1. The van der Waals surface area contributed by atoms with Crippen molar-refractivity contribution in [3.05, 3.63) is 33.8 Å². The molecule has 0 radical (unpaired) electrons. The first-order valence-corrected chi connectivity index (χ1v) is 7.62. The van der Waals surface area contributed by atoms with E-state index in [-0.39, 0.29) is 18.0 Å². The molecule has 3 nitrogen and oxygen atoms in total. The van der Waals surface area contributed by atoms with Gasteiger partial charge in [0.1, 0.15) is 0 Å². The average Bonchev–Trinajstić information content (AvgIpc) is 2.37. The van der Waals surface area contributed by atoms with Gasteiger partial charge in [-0.1, -0.05) is 15.9 Å². The van der Waals surface area contributed by atoms with Crippen molar-refractivity contribution in [3.63, 3.8) is 0 Å². The highest BCUT2D eigenvalue weighted by molar-refractivity contribution is 9.10. The Balaban J connectivity index is 2.30. The van der Waals surface area contributed by atoms with Gasteiger partial charge in [-0.05, 0) is 56.9 Å². The first-order valence-electron chi connectivity index (χ1n) is 6.83. The summed E-state index contributed by atoms with van der Waals surface area (Å²) in [5, 5.41) is 0. The molecule has 1 aliphatic rings. The van der Waals surface area contributed by atoms with E-state index in [1.165, 1.54) is 0 Å². The maximum absolute atomic E-state index is 12.8. The number of benzene rings is 1. The Kier molecular flexibility index (Phi) is 4.63. The molecule has 1 amide bonds. The molecule has 1 fully saturated rings. The first-order chi connectivity index (χ1) is 9.04. The van der Waals surface area contributed by atoms with E-state index in [4.69, 9.17) is 5.73 Å². The Labute approximate surface area is 123 Å². The van der Waals surface area contributed by atoms with Crippen LogP contribution in [0.5, 0.6) is 0 Å². The largest absolute Gasteiger partial charge is 0.332 e. The summed E-state index contributed by atoms with van der Waals surface area (Å²) >= 11 is 3.43. The number of halogens is 1. The third kappa shape index (κ3) is 3.00. The van der Waals surface area contributed by atoms with Crippen molar-refractivity contribution in [1.29, 1.82) is 0 Å². The zero-order valence-electron chi connectivity index (χ0n) is 11.5. The van der Waals surface area contributed by atoms with Crippen LogP contribution in [0.2, 0.25) is 0 Å². The van der Waals surface area contributed by atoms with Gasteiger partial charge in [-0.15, -0.1) is 0 Å². The van der Waals surface area contributed by atoms with E-state index in [1.807, 2.05) is 30.0 Å². The molecular formula is C15H21BrN2O. The van der Waals surface area contributed by atoms with E-state index in [9.17, 15) is 4.79 Å². The molecule has 1 saturated heterocycles. The minimum atomic E-state index is 0.118. The van der Waals surface area contributed by atoms with Crippen LogP contribution in [0.1, 0.15) is 42.1 Å². The summed E-state index contributed by atoms with van der Waals surface area (Å²) in [6, 6.07) is 6.26. The average molecular weight is 325 g/mol. The predicted octanol–water partition coefficient (Wildman–Crippen LogP) is 3.10. The quantitative estimate of drug-likeness (QED) is 0.908. The van der Waals surface area contributed by atoms with Gasteiger partial charge in [0.05, 0.1) is 0 Å². The van der Waals surface area contributed by atoms with Crippen LogP contribution in [-0.2, 0) is 0 Å². The minimum Gasteiger partial charge on any atom is -0.332 e. The Hall–Kier alpha value is -0.870. The van der Waals surface area contributed by atoms with Crippen molar-refractivity contribution in [2.75, 3.05) is 6.54 Å². The summed E-state index contributed by atoms with van der Waals surface area (Å²) in [4.78, 5) is 14.8. The molecule has 2 unspecified atom stereocenters. The van der Waals surface area contributed by atoms with E-state index in [1.54, 1.807) is 0 Å². The molecule has 0 saturated carbocycles. The molecule has 2 atom stereocenters. The van der Waals surface area contributed by atoms with Gasteiger partial charge in [0.25, 0.3) is 5.91 Å². The maximum atomic E-state index is 12.8. The Morgan fingerprint density at radius 2 is 2.21 bits per heavy atom. The number of hydrogen-bond acceptors (Lipinski definition) is 2. The van der Waals surface area contributed by atoms with E-state index in [2.05, 4.69) is 22.9 Å². The molecule has 2 N–H and O–H groups in total. The molecule has 19 heavy (non-hydrogen) atoms. The maximum Gasteiger partial charge on any atom is 0.254 e. The number of hydrogen-bond donors (Lipinski definition) is 1. The second kappa shape index (κ2) is 6.06. The highest BCUT2D eigenvalue weighted by Gasteiger charge is 2.31. The number of piperidine rings is 1. The Morgan fingerprint density at radius 3 is 2.84 bits per heavy atom. The van der Waals surface area contributed by atoms with Crippen molar-refractivity contribution in [1.82, 2.24) is 4.90 Å². The van der Waals surface area contributed by atoms with E-state index in [0.717, 1.165) is 34.9 Å². The van der Waals surface area contributed by atoms with E-state index < -0.39 is 0 Å². The van der Waals surface area contributed by atoms with Crippen LogP contribution >= 0.6 is 15.9 Å². The summed E-state index contributed by atoms with van der Waals surface area (Å²) in [5.74, 6) is 0.118. The highest BCUT2D eigenvalue weighted by atomic mass is 79.9. The van der Waals surface area contributed by atoms with Crippen molar-refractivity contribution < 1.29 is 4.79 Å². The molecular weight excluding hydrogens is 304 g/mol. The van der Waals surface area contributed by atoms with Crippen LogP contribution in [-0.4, -0.2) is 29.4 Å². The highest BCUT2D eigenvalue weighted by Crippen LogP contribution is 2.26. The molecule has 1 aromatic rings. The number of carbonyl (C=O) groups excluding carboxylic acids is 1.